The van der Waals surface area contributed by atoms with E-state index in [-0.39, 0.29) is 6.04 Å². The predicted molar refractivity (Wildman–Crippen MR) is 64.1 cm³/mol. The van der Waals surface area contributed by atoms with Crippen LogP contribution in [0.3, 0.4) is 0 Å². The molecule has 0 bridgehead atoms. The van der Waals surface area contributed by atoms with Crippen molar-refractivity contribution in [2.45, 2.75) is 32.2 Å². The fourth-order valence-corrected chi connectivity index (χ4v) is 2.36. The van der Waals surface area contributed by atoms with Crippen LogP contribution in [-0.2, 0) is 11.2 Å². The largest absolute Gasteiger partial charge is 0.381 e. The van der Waals surface area contributed by atoms with Gasteiger partial charge in [-0.2, -0.15) is 0 Å². The van der Waals surface area contributed by atoms with Crippen molar-refractivity contribution in [2.24, 2.45) is 11.7 Å². The van der Waals surface area contributed by atoms with Gasteiger partial charge in [0.1, 0.15) is 0 Å². The van der Waals surface area contributed by atoms with E-state index in [4.69, 9.17) is 10.5 Å². The van der Waals surface area contributed by atoms with Crippen LogP contribution in [0.15, 0.2) is 18.5 Å². The molecule has 3 heteroatoms. The molecule has 2 rings (SSSR count). The molecule has 0 spiro atoms. The fraction of sp³-hybridized carbons (Fsp3) is 0.615. The summed E-state index contributed by atoms with van der Waals surface area (Å²) in [4.78, 5) is 4.16. The maximum Gasteiger partial charge on any atom is 0.0512 e. The molecule has 1 aromatic heterocycles. The van der Waals surface area contributed by atoms with Gasteiger partial charge in [0.05, 0.1) is 6.61 Å². The summed E-state index contributed by atoms with van der Waals surface area (Å²) >= 11 is 0. The summed E-state index contributed by atoms with van der Waals surface area (Å²) < 4.78 is 5.50. The van der Waals surface area contributed by atoms with E-state index in [0.29, 0.717) is 5.92 Å². The van der Waals surface area contributed by atoms with Crippen molar-refractivity contribution in [3.05, 3.63) is 29.6 Å². The molecule has 2 atom stereocenters. The first-order valence-electron chi connectivity index (χ1n) is 6.09. The predicted octanol–water partition coefficient (Wildman–Crippen LogP) is 2.07. The third-order valence-corrected chi connectivity index (χ3v) is 3.38. The van der Waals surface area contributed by atoms with E-state index in [0.717, 1.165) is 26.1 Å². The minimum atomic E-state index is 0.0956. The molecular weight excluding hydrogens is 200 g/mol. The van der Waals surface area contributed by atoms with E-state index in [9.17, 15) is 0 Å². The summed E-state index contributed by atoms with van der Waals surface area (Å²) in [5, 5.41) is 0. The zero-order valence-electron chi connectivity index (χ0n) is 9.86. The van der Waals surface area contributed by atoms with Crippen LogP contribution in [0.1, 0.15) is 36.9 Å². The highest BCUT2D eigenvalue weighted by Crippen LogP contribution is 2.28. The van der Waals surface area contributed by atoms with Gasteiger partial charge in [-0.15, -0.1) is 0 Å². The molecule has 88 valence electrons. The first kappa shape index (κ1) is 11.6. The normalized spacial score (nSPS) is 23.0. The molecule has 1 saturated heterocycles. The zero-order valence-corrected chi connectivity index (χ0v) is 9.86. The molecule has 2 unspecified atom stereocenters. The highest BCUT2D eigenvalue weighted by molar-refractivity contribution is 5.27. The number of nitrogens with zero attached hydrogens (tertiary/aromatic N) is 1. The van der Waals surface area contributed by atoms with Gasteiger partial charge in [-0.1, -0.05) is 6.92 Å². The number of pyridine rings is 1. The third kappa shape index (κ3) is 2.42. The Balaban J connectivity index is 2.15. The number of rotatable bonds is 3. The van der Waals surface area contributed by atoms with Gasteiger partial charge in [0.15, 0.2) is 0 Å². The Labute approximate surface area is 97.0 Å². The molecule has 1 aromatic rings. The average Bonchev–Trinajstić information content (AvgIpc) is 2.39. The fourth-order valence-electron chi connectivity index (χ4n) is 2.36. The number of nitrogens with two attached hydrogens (primary N) is 1. The Bertz CT molecular complexity index is 334. The summed E-state index contributed by atoms with van der Waals surface area (Å²) in [7, 11) is 0. The molecule has 1 fully saturated rings. The molecule has 1 aliphatic heterocycles. The van der Waals surface area contributed by atoms with Crippen LogP contribution in [0, 0.1) is 5.92 Å². The molecule has 3 nitrogen and oxygen atoms in total. The maximum absolute atomic E-state index is 6.34. The van der Waals surface area contributed by atoms with E-state index >= 15 is 0 Å². The number of aromatic nitrogens is 1. The van der Waals surface area contributed by atoms with Crippen molar-refractivity contribution in [1.29, 1.82) is 0 Å². The Hall–Kier alpha value is -0.930. The highest BCUT2D eigenvalue weighted by atomic mass is 16.5. The number of aryl methyl sites for hydroxylation is 1. The van der Waals surface area contributed by atoms with Crippen LogP contribution in [0.2, 0.25) is 0 Å². The minimum Gasteiger partial charge on any atom is -0.381 e. The number of hydrogen-bond acceptors (Lipinski definition) is 3. The smallest absolute Gasteiger partial charge is 0.0512 e. The van der Waals surface area contributed by atoms with E-state index in [1.807, 2.05) is 12.4 Å². The summed E-state index contributed by atoms with van der Waals surface area (Å²) in [6.07, 6.45) is 7.05. The van der Waals surface area contributed by atoms with Crippen LogP contribution < -0.4 is 5.73 Å². The molecule has 0 saturated carbocycles. The zero-order chi connectivity index (χ0) is 11.4. The van der Waals surface area contributed by atoms with E-state index in [2.05, 4.69) is 18.0 Å². The quantitative estimate of drug-likeness (QED) is 0.848. The molecule has 0 amide bonds. The molecule has 2 heterocycles. The Kier molecular flexibility index (Phi) is 3.91. The van der Waals surface area contributed by atoms with Crippen molar-refractivity contribution >= 4 is 0 Å². The second-order valence-corrected chi connectivity index (χ2v) is 4.43. The van der Waals surface area contributed by atoms with Crippen LogP contribution in [0.25, 0.3) is 0 Å². The van der Waals surface area contributed by atoms with Crippen LogP contribution >= 0.6 is 0 Å². The second kappa shape index (κ2) is 5.41. The van der Waals surface area contributed by atoms with Crippen molar-refractivity contribution in [3.63, 3.8) is 0 Å². The Morgan fingerprint density at radius 2 is 2.50 bits per heavy atom. The molecule has 16 heavy (non-hydrogen) atoms. The molecule has 0 radical (unpaired) electrons. The lowest BCUT2D eigenvalue weighted by atomic mass is 9.87. The maximum atomic E-state index is 6.34. The summed E-state index contributed by atoms with van der Waals surface area (Å²) in [6.45, 7) is 3.83. The summed E-state index contributed by atoms with van der Waals surface area (Å²) in [5.74, 6) is 0.460. The average molecular weight is 220 g/mol. The van der Waals surface area contributed by atoms with Gasteiger partial charge in [0.2, 0.25) is 0 Å². The van der Waals surface area contributed by atoms with Crippen LogP contribution in [0.4, 0.5) is 0 Å². The van der Waals surface area contributed by atoms with Crippen molar-refractivity contribution in [3.8, 4) is 0 Å². The summed E-state index contributed by atoms with van der Waals surface area (Å²) in [6, 6.07) is 2.15. The van der Waals surface area contributed by atoms with E-state index < -0.39 is 0 Å². The molecule has 2 N–H and O–H groups in total. The minimum absolute atomic E-state index is 0.0956. The van der Waals surface area contributed by atoms with Crippen molar-refractivity contribution in [2.75, 3.05) is 13.2 Å². The van der Waals surface area contributed by atoms with Gasteiger partial charge in [-0.05, 0) is 36.5 Å². The summed E-state index contributed by atoms with van der Waals surface area (Å²) in [5.41, 5.74) is 8.85. The second-order valence-electron chi connectivity index (χ2n) is 4.43. The van der Waals surface area contributed by atoms with Gasteiger partial charge in [-0.3, -0.25) is 4.98 Å². The lowest BCUT2D eigenvalue weighted by Gasteiger charge is -2.28. The first-order valence-corrected chi connectivity index (χ1v) is 6.09. The van der Waals surface area contributed by atoms with Crippen molar-refractivity contribution in [1.82, 2.24) is 4.98 Å². The van der Waals surface area contributed by atoms with Gasteiger partial charge in [0, 0.05) is 31.0 Å². The standard InChI is InChI=1S/C13H20N2O/c1-2-10-8-15-6-5-12(10)13(14)11-4-3-7-16-9-11/h5-6,8,11,13H,2-4,7,9,14H2,1H3. The van der Waals surface area contributed by atoms with Crippen molar-refractivity contribution < 1.29 is 4.74 Å². The molecule has 0 aliphatic carbocycles. The molecule has 0 aromatic carbocycles. The lowest BCUT2D eigenvalue weighted by Crippen LogP contribution is -2.29. The van der Waals surface area contributed by atoms with Gasteiger partial charge < -0.3 is 10.5 Å². The van der Waals surface area contributed by atoms with Crippen LogP contribution in [0.5, 0.6) is 0 Å². The number of hydrogen-bond donors (Lipinski definition) is 1. The van der Waals surface area contributed by atoms with E-state index in [1.54, 1.807) is 0 Å². The van der Waals surface area contributed by atoms with E-state index in [1.165, 1.54) is 17.5 Å². The van der Waals surface area contributed by atoms with Gasteiger partial charge in [-0.25, -0.2) is 0 Å². The Morgan fingerprint density at radius 3 is 3.19 bits per heavy atom. The SMILES string of the molecule is CCc1cnccc1C(N)C1CCCOC1. The van der Waals surface area contributed by atoms with Gasteiger partial charge in [0.25, 0.3) is 0 Å². The monoisotopic (exact) mass is 220 g/mol. The third-order valence-electron chi connectivity index (χ3n) is 3.38. The number of ether oxygens (including phenoxy) is 1. The Morgan fingerprint density at radius 1 is 1.62 bits per heavy atom. The topological polar surface area (TPSA) is 48.1 Å². The molecular formula is C13H20N2O. The molecule has 1 aliphatic rings. The first-order chi connectivity index (χ1) is 7.83. The lowest BCUT2D eigenvalue weighted by molar-refractivity contribution is 0.0446. The van der Waals surface area contributed by atoms with Crippen LogP contribution in [-0.4, -0.2) is 18.2 Å². The van der Waals surface area contributed by atoms with Gasteiger partial charge >= 0.3 is 0 Å². The highest BCUT2D eigenvalue weighted by Gasteiger charge is 2.23.